The van der Waals surface area contributed by atoms with E-state index in [1.807, 2.05) is 0 Å². The van der Waals surface area contributed by atoms with Gasteiger partial charge in [0, 0.05) is 5.57 Å². The van der Waals surface area contributed by atoms with E-state index in [1.165, 1.54) is 55.2 Å². The van der Waals surface area contributed by atoms with E-state index < -0.39 is 0 Å². The van der Waals surface area contributed by atoms with E-state index in [4.69, 9.17) is 9.47 Å². The normalized spacial score (nSPS) is 23.2. The fraction of sp³-hybridized carbons (Fsp3) is 0.683. The van der Waals surface area contributed by atoms with E-state index in [-0.39, 0.29) is 23.6 Å². The standard InChI is InChI=1S/C41H62O3/c1-12-40(8,9)36(31-16-17-31)34-20-18-33-25-35(21-19-32(33)24-34)39(42)43-37(26(3)4)27(5)14-15-30-22-28(6)38(29(7)23-30)44-41(10,11)13-2/h14,21-23,26,32-34,37H,12-13,15-20,24-25H2,1-11H3/b27-14-. The van der Waals surface area contributed by atoms with Gasteiger partial charge in [0.2, 0.25) is 0 Å². The van der Waals surface area contributed by atoms with Gasteiger partial charge in [0.05, 0.1) is 0 Å². The molecular weight excluding hydrogens is 540 g/mol. The lowest BCUT2D eigenvalue weighted by Gasteiger charge is -2.43. The minimum absolute atomic E-state index is 0.100. The molecule has 1 aromatic rings. The molecule has 0 aromatic heterocycles. The van der Waals surface area contributed by atoms with Crippen LogP contribution in [0, 0.1) is 42.9 Å². The lowest BCUT2D eigenvalue weighted by Crippen LogP contribution is -2.33. The number of hydrogen-bond acceptors (Lipinski definition) is 3. The molecule has 3 nitrogen and oxygen atoms in total. The molecule has 0 radical (unpaired) electrons. The topological polar surface area (TPSA) is 35.5 Å². The molecule has 0 saturated heterocycles. The van der Waals surface area contributed by atoms with Crippen LogP contribution in [0.2, 0.25) is 0 Å². The highest BCUT2D eigenvalue weighted by molar-refractivity contribution is 5.89. The minimum Gasteiger partial charge on any atom is -0.487 e. The van der Waals surface area contributed by atoms with Crippen molar-refractivity contribution in [2.24, 2.45) is 29.1 Å². The van der Waals surface area contributed by atoms with Crippen LogP contribution in [-0.4, -0.2) is 17.7 Å². The highest BCUT2D eigenvalue weighted by Gasteiger charge is 2.40. The van der Waals surface area contributed by atoms with Crippen molar-refractivity contribution in [2.75, 3.05) is 0 Å². The number of aryl methyl sites for hydroxylation is 2. The Labute approximate surface area is 270 Å². The zero-order valence-electron chi connectivity index (χ0n) is 30.0. The number of fused-ring (bicyclic) bond motifs is 1. The maximum atomic E-state index is 13.5. The summed E-state index contributed by atoms with van der Waals surface area (Å²) in [7, 11) is 0. The van der Waals surface area contributed by atoms with Gasteiger partial charge in [-0.05, 0) is 150 Å². The average Bonchev–Trinajstić information content (AvgIpc) is 3.81. The second-order valence-electron chi connectivity index (χ2n) is 16.0. The highest BCUT2D eigenvalue weighted by Crippen LogP contribution is 2.52. The SMILES string of the molecule is CCC(C)(C)Oc1c(C)cc(C/C=C(/C)C(OC(=O)C2=CCC3CC(C(=C4CC4)C(C)(C)CC)CCC3C2)C(C)C)cc1C. The minimum atomic E-state index is -0.212. The third kappa shape index (κ3) is 8.29. The molecule has 4 atom stereocenters. The quantitative estimate of drug-likeness (QED) is 0.176. The molecule has 2 saturated carbocycles. The van der Waals surface area contributed by atoms with Gasteiger partial charge in [-0.25, -0.2) is 4.79 Å². The van der Waals surface area contributed by atoms with E-state index in [1.54, 1.807) is 11.1 Å². The summed E-state index contributed by atoms with van der Waals surface area (Å²) < 4.78 is 12.6. The number of allylic oxidation sites excluding steroid dienone is 4. The molecule has 0 spiro atoms. The third-order valence-corrected chi connectivity index (χ3v) is 11.2. The fourth-order valence-corrected chi connectivity index (χ4v) is 7.82. The van der Waals surface area contributed by atoms with Crippen molar-refractivity contribution in [1.29, 1.82) is 0 Å². The highest BCUT2D eigenvalue weighted by atomic mass is 16.5. The summed E-state index contributed by atoms with van der Waals surface area (Å²) in [6.45, 7) is 24.4. The lowest BCUT2D eigenvalue weighted by atomic mass is 9.62. The Balaban J connectivity index is 1.39. The summed E-state index contributed by atoms with van der Waals surface area (Å²) in [5, 5.41) is 0. The largest absolute Gasteiger partial charge is 0.487 e. The molecular formula is C41H62O3. The Bertz CT molecular complexity index is 1260. The van der Waals surface area contributed by atoms with Crippen molar-refractivity contribution in [3.8, 4) is 5.75 Å². The van der Waals surface area contributed by atoms with Gasteiger partial charge >= 0.3 is 5.97 Å². The lowest BCUT2D eigenvalue weighted by molar-refractivity contribution is -0.145. The van der Waals surface area contributed by atoms with Crippen LogP contribution in [-0.2, 0) is 16.0 Å². The first-order chi connectivity index (χ1) is 20.7. The number of ether oxygens (including phenoxy) is 2. The number of carbonyl (C=O) groups excluding carboxylic acids is 1. The number of carbonyl (C=O) groups is 1. The molecule has 3 aliphatic carbocycles. The van der Waals surface area contributed by atoms with Gasteiger partial charge in [0.15, 0.2) is 0 Å². The monoisotopic (exact) mass is 602 g/mol. The second kappa shape index (κ2) is 14.0. The molecule has 44 heavy (non-hydrogen) atoms. The van der Waals surface area contributed by atoms with Gasteiger partial charge in [-0.1, -0.05) is 77.0 Å². The summed E-state index contributed by atoms with van der Waals surface area (Å²) in [5.41, 5.74) is 9.33. The molecule has 0 aliphatic heterocycles. The van der Waals surface area contributed by atoms with Gasteiger partial charge in [-0.15, -0.1) is 0 Å². The van der Waals surface area contributed by atoms with Gasteiger partial charge in [0.1, 0.15) is 17.5 Å². The van der Waals surface area contributed by atoms with E-state index >= 15 is 0 Å². The first-order valence-electron chi connectivity index (χ1n) is 17.7. The van der Waals surface area contributed by atoms with E-state index in [9.17, 15) is 4.79 Å². The second-order valence-corrected chi connectivity index (χ2v) is 16.0. The van der Waals surface area contributed by atoms with Crippen LogP contribution in [0.3, 0.4) is 0 Å². The van der Waals surface area contributed by atoms with Crippen LogP contribution < -0.4 is 4.74 Å². The maximum absolute atomic E-state index is 13.5. The molecule has 2 fully saturated rings. The Morgan fingerprint density at radius 2 is 1.66 bits per heavy atom. The first kappa shape index (κ1) is 34.6. The average molecular weight is 603 g/mol. The van der Waals surface area contributed by atoms with Crippen LogP contribution in [0.5, 0.6) is 5.75 Å². The maximum Gasteiger partial charge on any atom is 0.334 e. The van der Waals surface area contributed by atoms with Crippen molar-refractivity contribution < 1.29 is 14.3 Å². The van der Waals surface area contributed by atoms with Crippen LogP contribution in [0.25, 0.3) is 0 Å². The molecule has 1 aromatic carbocycles. The molecule has 4 rings (SSSR count). The van der Waals surface area contributed by atoms with Gasteiger partial charge in [-0.2, -0.15) is 0 Å². The Hall–Kier alpha value is -2.29. The predicted molar refractivity (Wildman–Crippen MR) is 185 cm³/mol. The summed E-state index contributed by atoms with van der Waals surface area (Å²) in [6.07, 6.45) is 15.6. The predicted octanol–water partition coefficient (Wildman–Crippen LogP) is 11.2. The molecule has 3 heteroatoms. The Morgan fingerprint density at radius 1 is 1.00 bits per heavy atom. The van der Waals surface area contributed by atoms with Gasteiger partial charge in [-0.3, -0.25) is 0 Å². The molecule has 0 N–H and O–H groups in total. The van der Waals surface area contributed by atoms with E-state index in [0.717, 1.165) is 48.5 Å². The van der Waals surface area contributed by atoms with Crippen molar-refractivity contribution in [3.63, 3.8) is 0 Å². The fourth-order valence-electron chi connectivity index (χ4n) is 7.82. The molecule has 3 aliphatic rings. The summed E-state index contributed by atoms with van der Waals surface area (Å²) in [6, 6.07) is 4.47. The van der Waals surface area contributed by atoms with E-state index in [0.29, 0.717) is 17.3 Å². The van der Waals surface area contributed by atoms with Crippen molar-refractivity contribution >= 4 is 5.97 Å². The Kier molecular flexibility index (Phi) is 11.0. The van der Waals surface area contributed by atoms with Crippen molar-refractivity contribution in [3.05, 3.63) is 63.3 Å². The van der Waals surface area contributed by atoms with Crippen LogP contribution in [0.15, 0.2) is 46.6 Å². The van der Waals surface area contributed by atoms with Crippen LogP contribution in [0.4, 0.5) is 0 Å². The summed E-state index contributed by atoms with van der Waals surface area (Å²) in [5.74, 6) is 3.17. The molecule has 4 unspecified atom stereocenters. The molecule has 0 bridgehead atoms. The number of hydrogen-bond donors (Lipinski definition) is 0. The number of benzene rings is 1. The summed E-state index contributed by atoms with van der Waals surface area (Å²) in [4.78, 5) is 13.5. The molecule has 244 valence electrons. The van der Waals surface area contributed by atoms with Crippen LogP contribution in [0.1, 0.15) is 137 Å². The Morgan fingerprint density at radius 3 is 2.23 bits per heavy atom. The van der Waals surface area contributed by atoms with E-state index in [2.05, 4.69) is 100 Å². The van der Waals surface area contributed by atoms with Crippen LogP contribution >= 0.6 is 0 Å². The molecule has 0 amide bonds. The van der Waals surface area contributed by atoms with Crippen molar-refractivity contribution in [1.82, 2.24) is 0 Å². The zero-order chi connectivity index (χ0) is 32.4. The number of esters is 1. The third-order valence-electron chi connectivity index (χ3n) is 11.2. The summed E-state index contributed by atoms with van der Waals surface area (Å²) >= 11 is 0. The smallest absolute Gasteiger partial charge is 0.334 e. The zero-order valence-corrected chi connectivity index (χ0v) is 30.0. The van der Waals surface area contributed by atoms with Crippen molar-refractivity contribution in [2.45, 2.75) is 152 Å². The van der Waals surface area contributed by atoms with Gasteiger partial charge < -0.3 is 9.47 Å². The van der Waals surface area contributed by atoms with Gasteiger partial charge in [0.25, 0.3) is 0 Å². The first-order valence-corrected chi connectivity index (χ1v) is 17.7. The molecule has 0 heterocycles. The number of rotatable bonds is 12.